The number of anilines is 1. The van der Waals surface area contributed by atoms with Gasteiger partial charge in [0.1, 0.15) is 0 Å². The smallest absolute Gasteiger partial charge is 0.191 e. The van der Waals surface area contributed by atoms with E-state index in [4.69, 9.17) is 9.73 Å². The predicted octanol–water partition coefficient (Wildman–Crippen LogP) is 3.04. The molecule has 0 saturated carbocycles. The Morgan fingerprint density at radius 3 is 2.53 bits per heavy atom. The van der Waals surface area contributed by atoms with Gasteiger partial charge < -0.3 is 20.3 Å². The SMILES string of the molecule is CCNC(=NCC(C(C)C)N1CCOCC1)NCC1CCN(c2ccccc2)C1.I. The summed E-state index contributed by atoms with van der Waals surface area (Å²) in [4.78, 5) is 9.97. The van der Waals surface area contributed by atoms with Crippen LogP contribution in [-0.2, 0) is 4.74 Å². The number of nitrogens with one attached hydrogen (secondary N) is 2. The van der Waals surface area contributed by atoms with E-state index in [1.54, 1.807) is 0 Å². The Balaban J connectivity index is 0.00000320. The molecule has 3 rings (SSSR count). The van der Waals surface area contributed by atoms with Crippen LogP contribution in [0.3, 0.4) is 0 Å². The molecule has 0 aliphatic carbocycles. The first-order chi connectivity index (χ1) is 14.2. The first kappa shape index (κ1) is 25.2. The van der Waals surface area contributed by atoms with Gasteiger partial charge in [-0.25, -0.2) is 0 Å². The van der Waals surface area contributed by atoms with Gasteiger partial charge in [0.2, 0.25) is 0 Å². The molecule has 0 bridgehead atoms. The van der Waals surface area contributed by atoms with Crippen molar-refractivity contribution in [3.8, 4) is 0 Å². The Kier molecular flexibility index (Phi) is 11.2. The fraction of sp³-hybridized carbons (Fsp3) is 0.696. The maximum atomic E-state index is 5.52. The molecule has 0 spiro atoms. The first-order valence-corrected chi connectivity index (χ1v) is 11.3. The standard InChI is InChI=1S/C23H39N5O.HI/c1-4-24-23(26-17-22(19(2)3)27-12-14-29-15-13-27)25-16-20-10-11-28(18-20)21-8-6-5-7-9-21;/h5-9,19-20,22H,4,10-18H2,1-3H3,(H2,24,25,26);1H. The number of hydrogen-bond acceptors (Lipinski definition) is 4. The van der Waals surface area contributed by atoms with Crippen LogP contribution in [0.4, 0.5) is 5.69 Å². The first-order valence-electron chi connectivity index (χ1n) is 11.3. The van der Waals surface area contributed by atoms with Crippen molar-refractivity contribution < 1.29 is 4.74 Å². The van der Waals surface area contributed by atoms with Crippen LogP contribution in [0.2, 0.25) is 0 Å². The summed E-state index contributed by atoms with van der Waals surface area (Å²) in [5.41, 5.74) is 1.33. The number of para-hydroxylation sites is 1. The van der Waals surface area contributed by atoms with Crippen LogP contribution in [0, 0.1) is 11.8 Å². The second kappa shape index (κ2) is 13.4. The zero-order valence-electron chi connectivity index (χ0n) is 18.8. The number of rotatable bonds is 8. The molecule has 2 aliphatic rings. The van der Waals surface area contributed by atoms with Crippen LogP contribution in [0.1, 0.15) is 27.2 Å². The van der Waals surface area contributed by atoms with Gasteiger partial charge in [-0.3, -0.25) is 9.89 Å². The van der Waals surface area contributed by atoms with E-state index >= 15 is 0 Å². The van der Waals surface area contributed by atoms with Crippen molar-refractivity contribution >= 4 is 35.6 Å². The van der Waals surface area contributed by atoms with Crippen molar-refractivity contribution in [2.24, 2.45) is 16.8 Å². The number of halogens is 1. The molecule has 2 heterocycles. The van der Waals surface area contributed by atoms with Gasteiger partial charge in [0.25, 0.3) is 0 Å². The van der Waals surface area contributed by atoms with Crippen LogP contribution in [0.15, 0.2) is 35.3 Å². The molecule has 0 aromatic heterocycles. The molecule has 30 heavy (non-hydrogen) atoms. The lowest BCUT2D eigenvalue weighted by molar-refractivity contribution is 0.00867. The Hall–Kier alpha value is -1.06. The second-order valence-corrected chi connectivity index (χ2v) is 8.50. The largest absolute Gasteiger partial charge is 0.379 e. The lowest BCUT2D eigenvalue weighted by Gasteiger charge is -2.36. The molecule has 2 N–H and O–H groups in total. The van der Waals surface area contributed by atoms with Crippen LogP contribution in [0.25, 0.3) is 0 Å². The summed E-state index contributed by atoms with van der Waals surface area (Å²) in [5, 5.41) is 7.03. The maximum absolute atomic E-state index is 5.52. The minimum atomic E-state index is 0. The summed E-state index contributed by atoms with van der Waals surface area (Å²) >= 11 is 0. The zero-order valence-corrected chi connectivity index (χ0v) is 21.2. The number of hydrogen-bond donors (Lipinski definition) is 2. The fourth-order valence-corrected chi connectivity index (χ4v) is 4.30. The quantitative estimate of drug-likeness (QED) is 0.308. The number of benzene rings is 1. The van der Waals surface area contributed by atoms with Crippen LogP contribution < -0.4 is 15.5 Å². The fourth-order valence-electron chi connectivity index (χ4n) is 4.30. The summed E-state index contributed by atoms with van der Waals surface area (Å²) in [5.74, 6) is 2.18. The highest BCUT2D eigenvalue weighted by molar-refractivity contribution is 14.0. The molecule has 170 valence electrons. The summed E-state index contributed by atoms with van der Waals surface area (Å²) in [6, 6.07) is 11.2. The van der Waals surface area contributed by atoms with Gasteiger partial charge in [0.15, 0.2) is 5.96 Å². The Labute approximate surface area is 199 Å². The highest BCUT2D eigenvalue weighted by atomic mass is 127. The molecule has 6 nitrogen and oxygen atoms in total. The number of aliphatic imine (C=N–C) groups is 1. The van der Waals surface area contributed by atoms with Crippen molar-refractivity contribution in [3.63, 3.8) is 0 Å². The number of morpholine rings is 1. The summed E-state index contributed by atoms with van der Waals surface area (Å²) in [6.07, 6.45) is 1.23. The molecule has 2 saturated heterocycles. The lowest BCUT2D eigenvalue weighted by Crippen LogP contribution is -2.48. The third kappa shape index (κ3) is 7.57. The lowest BCUT2D eigenvalue weighted by atomic mass is 10.0. The molecule has 0 amide bonds. The van der Waals surface area contributed by atoms with Gasteiger partial charge in [-0.05, 0) is 37.3 Å². The van der Waals surface area contributed by atoms with E-state index in [1.807, 2.05) is 0 Å². The molecule has 1 aromatic carbocycles. The van der Waals surface area contributed by atoms with E-state index in [9.17, 15) is 0 Å². The van der Waals surface area contributed by atoms with Gasteiger partial charge in [0.05, 0.1) is 19.8 Å². The van der Waals surface area contributed by atoms with Gasteiger partial charge in [-0.15, -0.1) is 24.0 Å². The predicted molar refractivity (Wildman–Crippen MR) is 137 cm³/mol. The zero-order chi connectivity index (χ0) is 20.5. The Bertz CT molecular complexity index is 621. The normalized spacial score (nSPS) is 21.4. The van der Waals surface area contributed by atoms with Crippen LogP contribution in [-0.4, -0.2) is 75.9 Å². The van der Waals surface area contributed by atoms with Crippen molar-refractivity contribution in [1.29, 1.82) is 0 Å². The maximum Gasteiger partial charge on any atom is 0.191 e. The topological polar surface area (TPSA) is 52.1 Å². The number of guanidine groups is 1. The van der Waals surface area contributed by atoms with Crippen LogP contribution in [0.5, 0.6) is 0 Å². The van der Waals surface area contributed by atoms with Gasteiger partial charge >= 0.3 is 0 Å². The summed E-state index contributed by atoms with van der Waals surface area (Å²) in [7, 11) is 0. The minimum absolute atomic E-state index is 0. The Morgan fingerprint density at radius 2 is 1.87 bits per heavy atom. The summed E-state index contributed by atoms with van der Waals surface area (Å²) < 4.78 is 5.52. The minimum Gasteiger partial charge on any atom is -0.379 e. The summed E-state index contributed by atoms with van der Waals surface area (Å²) in [6.45, 7) is 15.4. The van der Waals surface area contributed by atoms with Crippen molar-refractivity contribution in [2.45, 2.75) is 33.2 Å². The number of nitrogens with zero attached hydrogens (tertiary/aromatic N) is 3. The van der Waals surface area contributed by atoms with E-state index in [-0.39, 0.29) is 24.0 Å². The van der Waals surface area contributed by atoms with Crippen molar-refractivity contribution in [1.82, 2.24) is 15.5 Å². The molecule has 7 heteroatoms. The van der Waals surface area contributed by atoms with E-state index in [1.165, 1.54) is 12.1 Å². The highest BCUT2D eigenvalue weighted by Crippen LogP contribution is 2.23. The van der Waals surface area contributed by atoms with Gasteiger partial charge in [0, 0.05) is 51.0 Å². The number of ether oxygens (including phenoxy) is 1. The molecule has 0 radical (unpaired) electrons. The van der Waals surface area contributed by atoms with Crippen molar-refractivity contribution in [2.75, 3.05) is 63.9 Å². The average molecular weight is 530 g/mol. The average Bonchev–Trinajstić information content (AvgIpc) is 3.22. The third-order valence-electron chi connectivity index (χ3n) is 6.03. The molecule has 2 fully saturated rings. The van der Waals surface area contributed by atoms with Gasteiger partial charge in [-0.1, -0.05) is 32.0 Å². The van der Waals surface area contributed by atoms with E-state index in [0.717, 1.165) is 65.0 Å². The Morgan fingerprint density at radius 1 is 1.13 bits per heavy atom. The molecule has 2 aliphatic heterocycles. The second-order valence-electron chi connectivity index (χ2n) is 8.50. The van der Waals surface area contributed by atoms with E-state index < -0.39 is 0 Å². The van der Waals surface area contributed by atoms with Crippen molar-refractivity contribution in [3.05, 3.63) is 30.3 Å². The van der Waals surface area contributed by atoms with E-state index in [2.05, 4.69) is 71.5 Å². The molecule has 2 atom stereocenters. The monoisotopic (exact) mass is 529 g/mol. The van der Waals surface area contributed by atoms with E-state index in [0.29, 0.717) is 17.9 Å². The van der Waals surface area contributed by atoms with Gasteiger partial charge in [-0.2, -0.15) is 0 Å². The molecule has 2 unspecified atom stereocenters. The molecular weight excluding hydrogens is 489 g/mol. The molecule has 1 aromatic rings. The van der Waals surface area contributed by atoms with Crippen LogP contribution >= 0.6 is 24.0 Å². The molecular formula is C23H40IN5O. The third-order valence-corrected chi connectivity index (χ3v) is 6.03. The highest BCUT2D eigenvalue weighted by Gasteiger charge is 2.25.